The highest BCUT2D eigenvalue weighted by molar-refractivity contribution is 5.75. The molecule has 104 valence electrons. The highest BCUT2D eigenvalue weighted by Crippen LogP contribution is 2.28. The number of hydrogen-bond acceptors (Lipinski definition) is 3. The normalized spacial score (nSPS) is 26.9. The van der Waals surface area contributed by atoms with Gasteiger partial charge in [0, 0.05) is 26.0 Å². The maximum atomic E-state index is 11.2. The van der Waals surface area contributed by atoms with Crippen LogP contribution in [0.25, 0.3) is 0 Å². The van der Waals surface area contributed by atoms with Gasteiger partial charge in [0.25, 0.3) is 0 Å². The van der Waals surface area contributed by atoms with Gasteiger partial charge < -0.3 is 14.4 Å². The molecule has 19 heavy (non-hydrogen) atoms. The first kappa shape index (κ1) is 12.7. The molecule has 2 aliphatic heterocycles. The van der Waals surface area contributed by atoms with Crippen molar-refractivity contribution in [3.63, 3.8) is 0 Å². The van der Waals surface area contributed by atoms with E-state index in [4.69, 9.17) is 4.74 Å². The molecule has 3 rings (SSSR count). The number of ether oxygens (including phenoxy) is 1. The molecule has 1 aromatic rings. The number of rotatable bonds is 3. The first-order chi connectivity index (χ1) is 9.24. The minimum Gasteiger partial charge on any atom is -0.481 e. The third-order valence-corrected chi connectivity index (χ3v) is 4.11. The fourth-order valence-corrected chi connectivity index (χ4v) is 3.13. The number of aryl methyl sites for hydroxylation is 1. The van der Waals surface area contributed by atoms with Crippen molar-refractivity contribution in [2.45, 2.75) is 44.6 Å². The Bertz CT molecular complexity index is 463. The smallest absolute Gasteiger partial charge is 0.314 e. The molecule has 2 aliphatic rings. The van der Waals surface area contributed by atoms with Crippen LogP contribution in [0.3, 0.4) is 0 Å². The van der Waals surface area contributed by atoms with Crippen molar-refractivity contribution in [2.24, 2.45) is 5.92 Å². The highest BCUT2D eigenvalue weighted by Gasteiger charge is 2.29. The minimum atomic E-state index is -0.751. The summed E-state index contributed by atoms with van der Waals surface area (Å²) in [5, 5.41) is 9.24. The second kappa shape index (κ2) is 5.33. The van der Waals surface area contributed by atoms with E-state index in [2.05, 4.69) is 4.98 Å². The maximum absolute atomic E-state index is 11.2. The van der Waals surface area contributed by atoms with Crippen LogP contribution in [0.4, 0.5) is 0 Å². The van der Waals surface area contributed by atoms with E-state index in [1.54, 1.807) is 0 Å². The summed E-state index contributed by atoms with van der Waals surface area (Å²) in [5.74, 6) is 0.101. The van der Waals surface area contributed by atoms with E-state index in [1.165, 1.54) is 6.42 Å². The predicted molar refractivity (Wildman–Crippen MR) is 69.1 cm³/mol. The standard InChI is InChI=1S/C14H20N2O3/c17-14(18)12-4-1-5-16-8-11(15-13(12)16)7-10-3-2-6-19-9-10/h8,10,12H,1-7,9H2,(H,17,18). The Hall–Kier alpha value is -1.36. The largest absolute Gasteiger partial charge is 0.481 e. The number of carbonyl (C=O) groups is 1. The minimum absolute atomic E-state index is 0.426. The lowest BCUT2D eigenvalue weighted by Crippen LogP contribution is -2.22. The molecule has 0 aromatic carbocycles. The molecule has 0 saturated carbocycles. The van der Waals surface area contributed by atoms with Crippen LogP contribution in [0.5, 0.6) is 0 Å². The van der Waals surface area contributed by atoms with E-state index in [1.807, 2.05) is 10.8 Å². The molecule has 0 amide bonds. The summed E-state index contributed by atoms with van der Waals surface area (Å²) in [5.41, 5.74) is 1.03. The summed E-state index contributed by atoms with van der Waals surface area (Å²) < 4.78 is 7.52. The molecule has 0 aliphatic carbocycles. The maximum Gasteiger partial charge on any atom is 0.314 e. The first-order valence-corrected chi connectivity index (χ1v) is 7.10. The van der Waals surface area contributed by atoms with Gasteiger partial charge in [-0.1, -0.05) is 0 Å². The third-order valence-electron chi connectivity index (χ3n) is 4.11. The zero-order valence-electron chi connectivity index (χ0n) is 11.0. The summed E-state index contributed by atoms with van der Waals surface area (Å²) in [6.07, 6.45) is 6.89. The van der Waals surface area contributed by atoms with Gasteiger partial charge in [0.15, 0.2) is 0 Å². The van der Waals surface area contributed by atoms with E-state index < -0.39 is 11.9 Å². The number of fused-ring (bicyclic) bond motifs is 1. The van der Waals surface area contributed by atoms with E-state index in [0.29, 0.717) is 12.3 Å². The van der Waals surface area contributed by atoms with Gasteiger partial charge in [-0.3, -0.25) is 4.79 Å². The van der Waals surface area contributed by atoms with E-state index >= 15 is 0 Å². The molecule has 2 unspecified atom stereocenters. The van der Waals surface area contributed by atoms with Crippen molar-refractivity contribution in [1.29, 1.82) is 0 Å². The van der Waals surface area contributed by atoms with Crippen molar-refractivity contribution in [2.75, 3.05) is 13.2 Å². The van der Waals surface area contributed by atoms with Crippen LogP contribution in [-0.4, -0.2) is 33.8 Å². The van der Waals surface area contributed by atoms with Crippen molar-refractivity contribution in [3.8, 4) is 0 Å². The van der Waals surface area contributed by atoms with Crippen LogP contribution in [-0.2, 0) is 22.5 Å². The Balaban J connectivity index is 1.75. The van der Waals surface area contributed by atoms with Crippen LogP contribution in [0.1, 0.15) is 43.1 Å². The summed E-state index contributed by atoms with van der Waals surface area (Å²) in [4.78, 5) is 15.8. The van der Waals surface area contributed by atoms with E-state index in [-0.39, 0.29) is 0 Å². The molecule has 0 bridgehead atoms. The zero-order chi connectivity index (χ0) is 13.2. The lowest BCUT2D eigenvalue weighted by Gasteiger charge is -2.20. The summed E-state index contributed by atoms with van der Waals surface area (Å²) in [6.45, 7) is 2.58. The van der Waals surface area contributed by atoms with Gasteiger partial charge in [-0.25, -0.2) is 4.98 Å². The second-order valence-corrected chi connectivity index (χ2v) is 5.60. The zero-order valence-corrected chi connectivity index (χ0v) is 11.0. The molecule has 1 N–H and O–H groups in total. The average Bonchev–Trinajstić information content (AvgIpc) is 2.81. The average molecular weight is 264 g/mol. The first-order valence-electron chi connectivity index (χ1n) is 7.10. The second-order valence-electron chi connectivity index (χ2n) is 5.60. The number of aromatic nitrogens is 2. The number of imidazole rings is 1. The summed E-state index contributed by atoms with van der Waals surface area (Å²) in [6, 6.07) is 0. The van der Waals surface area contributed by atoms with Crippen LogP contribution in [0.2, 0.25) is 0 Å². The van der Waals surface area contributed by atoms with Gasteiger partial charge in [-0.2, -0.15) is 0 Å². The van der Waals surface area contributed by atoms with Crippen LogP contribution < -0.4 is 0 Å². The van der Waals surface area contributed by atoms with Crippen LogP contribution >= 0.6 is 0 Å². The Labute approximate surface area is 112 Å². The molecule has 0 radical (unpaired) electrons. The highest BCUT2D eigenvalue weighted by atomic mass is 16.5. The lowest BCUT2D eigenvalue weighted by atomic mass is 9.97. The molecule has 3 heterocycles. The predicted octanol–water partition coefficient (Wildman–Crippen LogP) is 1.81. The Morgan fingerprint density at radius 1 is 1.47 bits per heavy atom. The topological polar surface area (TPSA) is 64.3 Å². The molecular formula is C14H20N2O3. The Kier molecular flexibility index (Phi) is 3.55. The van der Waals surface area contributed by atoms with Gasteiger partial charge in [-0.15, -0.1) is 0 Å². The number of carboxylic acids is 1. The summed E-state index contributed by atoms with van der Waals surface area (Å²) >= 11 is 0. The van der Waals surface area contributed by atoms with Gasteiger partial charge in [0.1, 0.15) is 11.7 Å². The monoisotopic (exact) mass is 264 g/mol. The molecular weight excluding hydrogens is 244 g/mol. The fraction of sp³-hybridized carbons (Fsp3) is 0.714. The third kappa shape index (κ3) is 2.66. The van der Waals surface area contributed by atoms with Crippen molar-refractivity contribution >= 4 is 5.97 Å². The van der Waals surface area contributed by atoms with Crippen LogP contribution in [0.15, 0.2) is 6.20 Å². The SMILES string of the molecule is O=C(O)C1CCCn2cc(CC3CCCOC3)nc21. The van der Waals surface area contributed by atoms with Crippen molar-refractivity contribution in [1.82, 2.24) is 9.55 Å². The van der Waals surface area contributed by atoms with Gasteiger partial charge in [0.05, 0.1) is 5.69 Å². The molecule has 5 nitrogen and oxygen atoms in total. The molecule has 1 saturated heterocycles. The molecule has 1 fully saturated rings. The van der Waals surface area contributed by atoms with Gasteiger partial charge in [0.2, 0.25) is 0 Å². The summed E-state index contributed by atoms with van der Waals surface area (Å²) in [7, 11) is 0. The molecule has 1 aromatic heterocycles. The Morgan fingerprint density at radius 2 is 2.37 bits per heavy atom. The van der Waals surface area contributed by atoms with Gasteiger partial charge >= 0.3 is 5.97 Å². The number of nitrogens with zero attached hydrogens (tertiary/aromatic N) is 2. The van der Waals surface area contributed by atoms with Crippen molar-refractivity contribution < 1.29 is 14.6 Å². The fourth-order valence-electron chi connectivity index (χ4n) is 3.13. The molecule has 2 atom stereocenters. The number of aliphatic carboxylic acids is 1. The Morgan fingerprint density at radius 3 is 3.11 bits per heavy atom. The molecule has 5 heteroatoms. The quantitative estimate of drug-likeness (QED) is 0.904. The number of carboxylic acid groups (broad SMARTS) is 1. The van der Waals surface area contributed by atoms with E-state index in [9.17, 15) is 9.90 Å². The van der Waals surface area contributed by atoms with E-state index in [0.717, 1.165) is 50.5 Å². The van der Waals surface area contributed by atoms with Gasteiger partial charge in [-0.05, 0) is 38.0 Å². The van der Waals surface area contributed by atoms with Crippen LogP contribution in [0, 0.1) is 5.92 Å². The number of hydrogen-bond donors (Lipinski definition) is 1. The van der Waals surface area contributed by atoms with Crippen molar-refractivity contribution in [3.05, 3.63) is 17.7 Å². The molecule has 0 spiro atoms. The lowest BCUT2D eigenvalue weighted by molar-refractivity contribution is -0.139.